The number of rotatable bonds is 3. The number of amides is 1. The van der Waals surface area contributed by atoms with Crippen molar-refractivity contribution in [3.05, 3.63) is 52.7 Å². The first kappa shape index (κ1) is 16.1. The smallest absolute Gasteiger partial charge is 0.255 e. The number of fused-ring (bicyclic) bond motifs is 1. The van der Waals surface area contributed by atoms with Gasteiger partial charge in [-0.25, -0.2) is 4.98 Å². The van der Waals surface area contributed by atoms with Crippen LogP contribution in [0, 0.1) is 6.92 Å². The first-order valence-electron chi connectivity index (χ1n) is 8.94. The summed E-state index contributed by atoms with van der Waals surface area (Å²) in [4.78, 5) is 19.4. The molecule has 5 heteroatoms. The van der Waals surface area contributed by atoms with Crippen LogP contribution in [0.5, 0.6) is 0 Å². The molecule has 2 aliphatic rings. The van der Waals surface area contributed by atoms with Crippen LogP contribution in [0.4, 0.5) is 11.5 Å². The number of pyridine rings is 1. The highest BCUT2D eigenvalue weighted by molar-refractivity contribution is 5.96. The predicted molar refractivity (Wildman–Crippen MR) is 97.4 cm³/mol. The van der Waals surface area contributed by atoms with E-state index in [1.54, 1.807) is 6.20 Å². The molecule has 1 aromatic carbocycles. The van der Waals surface area contributed by atoms with E-state index < -0.39 is 0 Å². The topological polar surface area (TPSA) is 54.5 Å². The highest BCUT2D eigenvalue weighted by Crippen LogP contribution is 2.32. The van der Waals surface area contributed by atoms with E-state index in [9.17, 15) is 4.79 Å². The summed E-state index contributed by atoms with van der Waals surface area (Å²) >= 11 is 0. The Morgan fingerprint density at radius 2 is 2.00 bits per heavy atom. The summed E-state index contributed by atoms with van der Waals surface area (Å²) in [7, 11) is 0. The van der Waals surface area contributed by atoms with Crippen LogP contribution in [0.1, 0.15) is 33.5 Å². The maximum Gasteiger partial charge on any atom is 0.255 e. The number of aryl methyl sites for hydroxylation is 1. The van der Waals surface area contributed by atoms with E-state index in [1.807, 2.05) is 17.0 Å². The van der Waals surface area contributed by atoms with Gasteiger partial charge in [0, 0.05) is 25.0 Å². The molecule has 1 fully saturated rings. The lowest BCUT2D eigenvalue weighted by Crippen LogP contribution is -2.41. The summed E-state index contributed by atoms with van der Waals surface area (Å²) < 4.78 is 5.35. The van der Waals surface area contributed by atoms with Crippen molar-refractivity contribution in [3.8, 4) is 0 Å². The molecule has 0 atom stereocenters. The van der Waals surface area contributed by atoms with Gasteiger partial charge in [0.1, 0.15) is 5.82 Å². The first-order valence-corrected chi connectivity index (χ1v) is 8.94. The monoisotopic (exact) mass is 337 g/mol. The number of aromatic nitrogens is 1. The van der Waals surface area contributed by atoms with E-state index in [1.165, 1.54) is 16.7 Å². The third-order valence-electron chi connectivity index (χ3n) is 4.96. The average molecular weight is 337 g/mol. The first-order chi connectivity index (χ1) is 12.2. The number of hydrogen-bond donors (Lipinski definition) is 1. The van der Waals surface area contributed by atoms with Crippen molar-refractivity contribution in [2.45, 2.75) is 26.2 Å². The maximum atomic E-state index is 12.9. The van der Waals surface area contributed by atoms with Crippen LogP contribution in [0.2, 0.25) is 0 Å². The predicted octanol–water partition coefficient (Wildman–Crippen LogP) is 3.09. The molecule has 1 N–H and O–H groups in total. The van der Waals surface area contributed by atoms with Crippen molar-refractivity contribution in [1.29, 1.82) is 0 Å². The van der Waals surface area contributed by atoms with Gasteiger partial charge in [-0.2, -0.15) is 0 Å². The third kappa shape index (κ3) is 3.24. The minimum Gasteiger partial charge on any atom is -0.378 e. The Morgan fingerprint density at radius 1 is 1.20 bits per heavy atom. The SMILES string of the molecule is Cc1cccc(Nc2ncc(C(=O)N3CCOCC3)c3c2CCC3)c1. The molecular formula is C20H23N3O2. The quantitative estimate of drug-likeness (QED) is 0.935. The van der Waals surface area contributed by atoms with Crippen LogP contribution in [0.25, 0.3) is 0 Å². The number of nitrogens with one attached hydrogen (secondary N) is 1. The number of benzene rings is 1. The number of ether oxygens (including phenoxy) is 1. The second-order valence-electron chi connectivity index (χ2n) is 6.73. The summed E-state index contributed by atoms with van der Waals surface area (Å²) in [6.07, 6.45) is 4.75. The van der Waals surface area contributed by atoms with Crippen molar-refractivity contribution >= 4 is 17.4 Å². The van der Waals surface area contributed by atoms with Gasteiger partial charge in [0.05, 0.1) is 18.8 Å². The fourth-order valence-electron chi connectivity index (χ4n) is 3.68. The molecule has 0 saturated carbocycles. The molecule has 0 spiro atoms. The molecule has 2 heterocycles. The van der Waals surface area contributed by atoms with Crippen molar-refractivity contribution in [2.75, 3.05) is 31.6 Å². The minimum atomic E-state index is 0.0936. The second-order valence-corrected chi connectivity index (χ2v) is 6.73. The molecule has 2 aromatic rings. The van der Waals surface area contributed by atoms with Crippen molar-refractivity contribution < 1.29 is 9.53 Å². The molecule has 130 valence electrons. The summed E-state index contributed by atoms with van der Waals surface area (Å²) in [5.41, 5.74) is 5.38. The average Bonchev–Trinajstić information content (AvgIpc) is 3.12. The van der Waals surface area contributed by atoms with Crippen LogP contribution >= 0.6 is 0 Å². The number of morpholine rings is 1. The van der Waals surface area contributed by atoms with Crippen LogP contribution in [-0.4, -0.2) is 42.1 Å². The Bertz CT molecular complexity index is 798. The van der Waals surface area contributed by atoms with Crippen LogP contribution in [0.3, 0.4) is 0 Å². The zero-order valence-electron chi connectivity index (χ0n) is 14.5. The molecule has 0 unspecified atom stereocenters. The zero-order chi connectivity index (χ0) is 17.2. The Kier molecular flexibility index (Phi) is 4.40. The molecule has 1 aliphatic heterocycles. The van der Waals surface area contributed by atoms with E-state index in [4.69, 9.17) is 4.74 Å². The minimum absolute atomic E-state index is 0.0936. The van der Waals surface area contributed by atoms with Gasteiger partial charge in [0.2, 0.25) is 0 Å². The molecule has 0 bridgehead atoms. The number of hydrogen-bond acceptors (Lipinski definition) is 4. The van der Waals surface area contributed by atoms with E-state index in [0.29, 0.717) is 26.3 Å². The molecule has 4 rings (SSSR count). The highest BCUT2D eigenvalue weighted by atomic mass is 16.5. The Hall–Kier alpha value is -2.40. The summed E-state index contributed by atoms with van der Waals surface area (Å²) in [5.74, 6) is 0.979. The van der Waals surface area contributed by atoms with Gasteiger partial charge in [-0.1, -0.05) is 12.1 Å². The molecular weight excluding hydrogens is 314 g/mol. The van der Waals surface area contributed by atoms with Crippen LogP contribution in [0.15, 0.2) is 30.5 Å². The van der Waals surface area contributed by atoms with Gasteiger partial charge >= 0.3 is 0 Å². The van der Waals surface area contributed by atoms with Gasteiger partial charge in [0.15, 0.2) is 0 Å². The van der Waals surface area contributed by atoms with Crippen molar-refractivity contribution in [2.24, 2.45) is 0 Å². The molecule has 0 radical (unpaired) electrons. The third-order valence-corrected chi connectivity index (χ3v) is 4.96. The van der Waals surface area contributed by atoms with Crippen LogP contribution < -0.4 is 5.32 Å². The van der Waals surface area contributed by atoms with E-state index in [0.717, 1.165) is 36.3 Å². The molecule has 1 aliphatic carbocycles. The molecule has 1 aromatic heterocycles. The van der Waals surface area contributed by atoms with Gasteiger partial charge in [-0.05, 0) is 55.0 Å². The van der Waals surface area contributed by atoms with Crippen molar-refractivity contribution in [1.82, 2.24) is 9.88 Å². The lowest BCUT2D eigenvalue weighted by molar-refractivity contribution is 0.0302. The summed E-state index contributed by atoms with van der Waals surface area (Å²) in [6.45, 7) is 4.64. The van der Waals surface area contributed by atoms with Gasteiger partial charge < -0.3 is 15.0 Å². The second kappa shape index (κ2) is 6.84. The fraction of sp³-hybridized carbons (Fsp3) is 0.400. The zero-order valence-corrected chi connectivity index (χ0v) is 14.5. The Morgan fingerprint density at radius 3 is 2.80 bits per heavy atom. The molecule has 5 nitrogen and oxygen atoms in total. The van der Waals surface area contributed by atoms with Crippen molar-refractivity contribution in [3.63, 3.8) is 0 Å². The number of carbonyl (C=O) groups excluding carboxylic acids is 1. The standard InChI is InChI=1S/C20H23N3O2/c1-14-4-2-5-15(12-14)22-19-17-7-3-6-16(17)18(13-21-19)20(24)23-8-10-25-11-9-23/h2,4-5,12-13H,3,6-11H2,1H3,(H,21,22). The molecule has 1 saturated heterocycles. The molecule has 1 amide bonds. The lowest BCUT2D eigenvalue weighted by atomic mass is 10.0. The number of carbonyl (C=O) groups is 1. The van der Waals surface area contributed by atoms with Crippen LogP contribution in [-0.2, 0) is 17.6 Å². The summed E-state index contributed by atoms with van der Waals surface area (Å²) in [5, 5.41) is 3.43. The number of anilines is 2. The normalized spacial score (nSPS) is 16.6. The van der Waals surface area contributed by atoms with Gasteiger partial charge in [-0.3, -0.25) is 4.79 Å². The fourth-order valence-corrected chi connectivity index (χ4v) is 3.68. The Labute approximate surface area is 148 Å². The van der Waals surface area contributed by atoms with Gasteiger partial charge in [0.25, 0.3) is 5.91 Å². The van der Waals surface area contributed by atoms with E-state index >= 15 is 0 Å². The largest absolute Gasteiger partial charge is 0.378 e. The summed E-state index contributed by atoms with van der Waals surface area (Å²) in [6, 6.07) is 8.26. The highest BCUT2D eigenvalue weighted by Gasteiger charge is 2.26. The van der Waals surface area contributed by atoms with E-state index in [-0.39, 0.29) is 5.91 Å². The van der Waals surface area contributed by atoms with Gasteiger partial charge in [-0.15, -0.1) is 0 Å². The van der Waals surface area contributed by atoms with E-state index in [2.05, 4.69) is 29.4 Å². The lowest BCUT2D eigenvalue weighted by Gasteiger charge is -2.27. The Balaban J connectivity index is 1.63. The molecule has 25 heavy (non-hydrogen) atoms. The number of nitrogens with zero attached hydrogens (tertiary/aromatic N) is 2. The maximum absolute atomic E-state index is 12.9.